The van der Waals surface area contributed by atoms with Gasteiger partial charge in [-0.15, -0.1) is 0 Å². The first-order chi connectivity index (χ1) is 9.16. The number of fused-ring (bicyclic) bond motifs is 2. The quantitative estimate of drug-likeness (QED) is 0.726. The van der Waals surface area contributed by atoms with Crippen LogP contribution in [-0.4, -0.2) is 28.7 Å². The molecule has 5 rings (SSSR count). The van der Waals surface area contributed by atoms with Crippen LogP contribution in [0.25, 0.3) is 0 Å². The number of nitrogens with zero attached hydrogens (tertiary/aromatic N) is 1. The second kappa shape index (κ2) is 3.58. The average Bonchev–Trinajstić information content (AvgIpc) is 2.86. The van der Waals surface area contributed by atoms with E-state index in [0.717, 1.165) is 31.4 Å². The van der Waals surface area contributed by atoms with Crippen LogP contribution >= 0.6 is 0 Å². The van der Waals surface area contributed by atoms with Crippen LogP contribution < -0.4 is 0 Å². The van der Waals surface area contributed by atoms with E-state index < -0.39 is 11.3 Å². The zero-order valence-electron chi connectivity index (χ0n) is 11.0. The number of carbonyl (C=O) groups is 1. The molecule has 1 aromatic rings. The van der Waals surface area contributed by atoms with E-state index in [1.54, 1.807) is 0 Å². The molecule has 0 saturated carbocycles. The van der Waals surface area contributed by atoms with Gasteiger partial charge in [-0.3, -0.25) is 4.79 Å². The van der Waals surface area contributed by atoms with Gasteiger partial charge < -0.3 is 4.90 Å². The number of hydrogen-bond acceptors (Lipinski definition) is 3. The molecule has 4 heteroatoms. The molecule has 0 N–H and O–H groups in total. The Hall–Kier alpha value is -1.39. The van der Waals surface area contributed by atoms with E-state index in [4.69, 9.17) is 9.78 Å². The second-order valence-corrected chi connectivity index (χ2v) is 5.95. The molecule has 1 amide bonds. The number of hydrogen-bond donors (Lipinski definition) is 0. The third kappa shape index (κ3) is 1.33. The fourth-order valence-corrected chi connectivity index (χ4v) is 3.78. The largest absolute Gasteiger partial charge is 0.309 e. The van der Waals surface area contributed by atoms with Crippen molar-refractivity contribution in [2.75, 3.05) is 6.54 Å². The summed E-state index contributed by atoms with van der Waals surface area (Å²) in [6.07, 6.45) is 2.70. The lowest BCUT2D eigenvalue weighted by Crippen LogP contribution is -2.70. The Bertz CT molecular complexity index is 531. The number of rotatable bonds is 1. The van der Waals surface area contributed by atoms with Gasteiger partial charge in [-0.2, -0.15) is 0 Å². The van der Waals surface area contributed by atoms with Crippen LogP contribution in [-0.2, 0) is 14.6 Å². The molecule has 4 fully saturated rings. The van der Waals surface area contributed by atoms with Gasteiger partial charge in [-0.1, -0.05) is 30.3 Å². The van der Waals surface area contributed by atoms with Gasteiger partial charge >= 0.3 is 0 Å². The second-order valence-electron chi connectivity index (χ2n) is 5.95. The Balaban J connectivity index is 1.81. The highest BCUT2D eigenvalue weighted by Gasteiger charge is 2.66. The van der Waals surface area contributed by atoms with Gasteiger partial charge in [-0.25, -0.2) is 9.78 Å². The molecule has 100 valence electrons. The van der Waals surface area contributed by atoms with E-state index in [0.29, 0.717) is 0 Å². The van der Waals surface area contributed by atoms with E-state index >= 15 is 0 Å². The minimum atomic E-state index is -0.882. The zero-order chi connectivity index (χ0) is 13.1. The van der Waals surface area contributed by atoms with Crippen molar-refractivity contribution in [3.05, 3.63) is 35.9 Å². The predicted octanol–water partition coefficient (Wildman–Crippen LogP) is 2.21. The van der Waals surface area contributed by atoms with Gasteiger partial charge in [0.25, 0.3) is 5.91 Å². The Morgan fingerprint density at radius 2 is 2.05 bits per heavy atom. The van der Waals surface area contributed by atoms with Crippen LogP contribution in [0.3, 0.4) is 0 Å². The van der Waals surface area contributed by atoms with Gasteiger partial charge in [-0.05, 0) is 18.9 Å². The summed E-state index contributed by atoms with van der Waals surface area (Å²) in [6.45, 7) is 2.65. The lowest BCUT2D eigenvalue weighted by atomic mass is 9.73. The molecule has 0 radical (unpaired) electrons. The average molecular weight is 259 g/mol. The van der Waals surface area contributed by atoms with Gasteiger partial charge in [0.2, 0.25) is 0 Å². The highest BCUT2D eigenvalue weighted by atomic mass is 17.2. The van der Waals surface area contributed by atoms with E-state index in [9.17, 15) is 4.79 Å². The first-order valence-corrected chi connectivity index (χ1v) is 6.90. The third-order valence-corrected chi connectivity index (χ3v) is 4.87. The smallest absolute Gasteiger partial charge is 0.260 e. The SMILES string of the molecule is C[C@]12OO[C@@]3(CCCN3C1=O)C[C@H]2c1ccccc1. The molecular weight excluding hydrogens is 242 g/mol. The maximum absolute atomic E-state index is 12.7. The van der Waals surface area contributed by atoms with Crippen molar-refractivity contribution in [1.82, 2.24) is 4.90 Å². The summed E-state index contributed by atoms with van der Waals surface area (Å²) < 4.78 is 0. The summed E-state index contributed by atoms with van der Waals surface area (Å²) in [7, 11) is 0. The van der Waals surface area contributed by atoms with Gasteiger partial charge in [0.05, 0.1) is 0 Å². The molecule has 4 saturated heterocycles. The Morgan fingerprint density at radius 3 is 2.84 bits per heavy atom. The molecule has 0 aromatic heterocycles. The van der Waals surface area contributed by atoms with Crippen LogP contribution in [0.4, 0.5) is 0 Å². The molecular formula is C15H17NO3. The summed E-state index contributed by atoms with van der Waals surface area (Å²) in [5.74, 6) is 0.153. The topological polar surface area (TPSA) is 38.8 Å². The lowest BCUT2D eigenvalue weighted by molar-refractivity contribution is -0.473. The summed E-state index contributed by atoms with van der Waals surface area (Å²) >= 11 is 0. The maximum atomic E-state index is 12.7. The highest BCUT2D eigenvalue weighted by molar-refractivity contribution is 5.88. The Kier molecular flexibility index (Phi) is 2.16. The third-order valence-electron chi connectivity index (χ3n) is 4.87. The van der Waals surface area contributed by atoms with Crippen molar-refractivity contribution in [3.8, 4) is 0 Å². The summed E-state index contributed by atoms with van der Waals surface area (Å²) in [5, 5.41) is 0. The normalized spacial score (nSPS) is 40.6. The monoisotopic (exact) mass is 259 g/mol. The molecule has 2 bridgehead atoms. The van der Waals surface area contributed by atoms with Crippen molar-refractivity contribution in [2.24, 2.45) is 0 Å². The summed E-state index contributed by atoms with van der Waals surface area (Å²) in [4.78, 5) is 25.8. The van der Waals surface area contributed by atoms with Crippen LogP contribution in [0.2, 0.25) is 0 Å². The predicted molar refractivity (Wildman–Crippen MR) is 68.1 cm³/mol. The van der Waals surface area contributed by atoms with Crippen molar-refractivity contribution in [1.29, 1.82) is 0 Å². The van der Waals surface area contributed by atoms with Crippen LogP contribution in [0.1, 0.15) is 37.7 Å². The van der Waals surface area contributed by atoms with E-state index in [-0.39, 0.29) is 11.8 Å². The minimum Gasteiger partial charge on any atom is -0.309 e. The van der Waals surface area contributed by atoms with E-state index in [1.807, 2.05) is 30.0 Å². The number of piperidine rings is 1. The van der Waals surface area contributed by atoms with Crippen LogP contribution in [0.15, 0.2) is 30.3 Å². The Labute approximate surface area is 112 Å². The summed E-state index contributed by atoms with van der Waals surface area (Å²) in [6, 6.07) is 10.2. The first-order valence-electron chi connectivity index (χ1n) is 6.90. The summed E-state index contributed by atoms with van der Waals surface area (Å²) in [5.41, 5.74) is -0.240. The van der Waals surface area contributed by atoms with E-state index in [2.05, 4.69) is 12.1 Å². The molecule has 1 spiro atoms. The number of benzene rings is 1. The first kappa shape index (κ1) is 11.4. The van der Waals surface area contributed by atoms with Crippen LogP contribution in [0, 0.1) is 0 Å². The molecule has 3 atom stereocenters. The molecule has 0 unspecified atom stereocenters. The van der Waals surface area contributed by atoms with Crippen molar-refractivity contribution in [3.63, 3.8) is 0 Å². The Morgan fingerprint density at radius 1 is 1.26 bits per heavy atom. The molecule has 0 aliphatic carbocycles. The molecule has 19 heavy (non-hydrogen) atoms. The standard InChI is InChI=1S/C15H17NO3/c1-14-12(11-6-3-2-4-7-11)10-15(19-18-14)8-5-9-16(15)13(14)17/h2-4,6-7,12H,5,8-10H2,1H3/t12-,14+,15-/m0/s1. The molecule has 1 aromatic carbocycles. The number of carbonyl (C=O) groups excluding carboxylic acids is 1. The number of amides is 1. The highest BCUT2D eigenvalue weighted by Crippen LogP contribution is 2.55. The van der Waals surface area contributed by atoms with E-state index in [1.165, 1.54) is 0 Å². The van der Waals surface area contributed by atoms with Gasteiger partial charge in [0.15, 0.2) is 11.3 Å². The maximum Gasteiger partial charge on any atom is 0.260 e. The van der Waals surface area contributed by atoms with Crippen LogP contribution in [0.5, 0.6) is 0 Å². The fourth-order valence-electron chi connectivity index (χ4n) is 3.78. The molecule has 4 aliphatic rings. The van der Waals surface area contributed by atoms with Crippen molar-refractivity contribution < 1.29 is 14.6 Å². The lowest BCUT2D eigenvalue weighted by Gasteiger charge is -2.56. The van der Waals surface area contributed by atoms with Gasteiger partial charge in [0, 0.05) is 25.3 Å². The molecule has 4 nitrogen and oxygen atoms in total. The van der Waals surface area contributed by atoms with Crippen molar-refractivity contribution >= 4 is 5.91 Å². The zero-order valence-corrected chi connectivity index (χ0v) is 11.0. The molecule has 4 aliphatic heterocycles. The minimum absolute atomic E-state index is 0.0734. The van der Waals surface area contributed by atoms with Gasteiger partial charge in [0.1, 0.15) is 0 Å². The fraction of sp³-hybridized carbons (Fsp3) is 0.533. The van der Waals surface area contributed by atoms with Crippen molar-refractivity contribution in [2.45, 2.75) is 43.4 Å². The molecule has 4 heterocycles.